The van der Waals surface area contributed by atoms with Crippen LogP contribution in [0.15, 0.2) is 18.2 Å². The van der Waals surface area contributed by atoms with Gasteiger partial charge < -0.3 is 21.5 Å². The third kappa shape index (κ3) is 3.97. The largest absolute Gasteiger partial charge is 0.495 e. The van der Waals surface area contributed by atoms with Crippen LogP contribution in [0, 0.1) is 0 Å². The molecule has 0 aromatic heterocycles. The van der Waals surface area contributed by atoms with Gasteiger partial charge in [0, 0.05) is 18.5 Å². The lowest BCUT2D eigenvalue weighted by Gasteiger charge is -2.08. The number of nitrogen functional groups attached to an aromatic ring is 1. The van der Waals surface area contributed by atoms with E-state index in [4.69, 9.17) is 16.2 Å². The maximum Gasteiger partial charge on any atom is 0.251 e. The Kier molecular flexibility index (Phi) is 4.98. The van der Waals surface area contributed by atoms with Crippen LogP contribution >= 0.6 is 0 Å². The molecule has 0 saturated carbocycles. The second-order valence-electron chi connectivity index (χ2n) is 3.78. The lowest BCUT2D eigenvalue weighted by Crippen LogP contribution is -2.25. The van der Waals surface area contributed by atoms with E-state index in [1.807, 2.05) is 0 Å². The van der Waals surface area contributed by atoms with E-state index in [-0.39, 0.29) is 18.2 Å². The van der Waals surface area contributed by atoms with Crippen molar-refractivity contribution in [3.05, 3.63) is 23.8 Å². The van der Waals surface area contributed by atoms with Crippen molar-refractivity contribution >= 4 is 17.5 Å². The van der Waals surface area contributed by atoms with Crippen molar-refractivity contribution in [2.45, 2.75) is 12.8 Å². The highest BCUT2D eigenvalue weighted by atomic mass is 16.5. The molecular formula is C12H17N3O3. The molecule has 98 valence electrons. The summed E-state index contributed by atoms with van der Waals surface area (Å²) in [6, 6.07) is 4.79. The molecule has 0 saturated heterocycles. The summed E-state index contributed by atoms with van der Waals surface area (Å²) in [5.74, 6) is -0.157. The van der Waals surface area contributed by atoms with E-state index in [0.29, 0.717) is 30.0 Å². The molecule has 0 heterocycles. The van der Waals surface area contributed by atoms with Crippen molar-refractivity contribution in [1.82, 2.24) is 5.32 Å². The molecule has 0 aliphatic rings. The summed E-state index contributed by atoms with van der Waals surface area (Å²) < 4.78 is 5.03. The molecule has 0 bridgehead atoms. The molecule has 0 radical (unpaired) electrons. The van der Waals surface area contributed by atoms with Crippen LogP contribution in [0.2, 0.25) is 0 Å². The van der Waals surface area contributed by atoms with Crippen molar-refractivity contribution in [2.75, 3.05) is 19.4 Å². The first-order chi connectivity index (χ1) is 8.54. The number of primary amides is 1. The van der Waals surface area contributed by atoms with Gasteiger partial charge >= 0.3 is 0 Å². The Morgan fingerprint density at radius 1 is 1.39 bits per heavy atom. The Balaban J connectivity index is 2.53. The number of nitrogens with two attached hydrogens (primary N) is 2. The summed E-state index contributed by atoms with van der Waals surface area (Å²) in [6.45, 7) is 0.397. The zero-order valence-corrected chi connectivity index (χ0v) is 10.2. The first-order valence-corrected chi connectivity index (χ1v) is 5.54. The standard InChI is InChI=1S/C12H17N3O3/c1-18-10-7-8(4-5-9(10)13)12(17)15-6-2-3-11(14)16/h4-5,7H,2-3,6,13H2,1H3,(H2,14,16)(H,15,17). The Hall–Kier alpha value is -2.24. The van der Waals surface area contributed by atoms with Crippen molar-refractivity contribution in [3.8, 4) is 5.75 Å². The predicted molar refractivity (Wildman–Crippen MR) is 68.2 cm³/mol. The second-order valence-corrected chi connectivity index (χ2v) is 3.78. The van der Waals surface area contributed by atoms with Gasteiger partial charge in [-0.1, -0.05) is 0 Å². The number of hydrogen-bond acceptors (Lipinski definition) is 4. The van der Waals surface area contributed by atoms with Crippen LogP contribution in [0.25, 0.3) is 0 Å². The lowest BCUT2D eigenvalue weighted by molar-refractivity contribution is -0.118. The number of methoxy groups -OCH3 is 1. The van der Waals surface area contributed by atoms with Crippen molar-refractivity contribution in [2.24, 2.45) is 5.73 Å². The van der Waals surface area contributed by atoms with Gasteiger partial charge in [-0.2, -0.15) is 0 Å². The maximum atomic E-state index is 11.7. The number of rotatable bonds is 6. The molecule has 0 atom stereocenters. The fraction of sp³-hybridized carbons (Fsp3) is 0.333. The first-order valence-electron chi connectivity index (χ1n) is 5.54. The molecular weight excluding hydrogens is 234 g/mol. The fourth-order valence-electron chi connectivity index (χ4n) is 1.42. The molecule has 1 aromatic carbocycles. The fourth-order valence-corrected chi connectivity index (χ4v) is 1.42. The molecule has 1 rings (SSSR count). The molecule has 0 unspecified atom stereocenters. The summed E-state index contributed by atoms with van der Waals surface area (Å²) >= 11 is 0. The molecule has 0 spiro atoms. The van der Waals surface area contributed by atoms with E-state index in [0.717, 1.165) is 0 Å². The minimum Gasteiger partial charge on any atom is -0.495 e. The Bertz CT molecular complexity index is 446. The van der Waals surface area contributed by atoms with Gasteiger partial charge in [0.2, 0.25) is 5.91 Å². The maximum absolute atomic E-state index is 11.7. The summed E-state index contributed by atoms with van der Waals surface area (Å²) in [5.41, 5.74) is 11.6. The third-order valence-electron chi connectivity index (χ3n) is 2.38. The van der Waals surface area contributed by atoms with Crippen molar-refractivity contribution in [1.29, 1.82) is 0 Å². The molecule has 6 nitrogen and oxygen atoms in total. The number of benzene rings is 1. The molecule has 18 heavy (non-hydrogen) atoms. The average molecular weight is 251 g/mol. The zero-order chi connectivity index (χ0) is 13.5. The first kappa shape index (κ1) is 13.8. The summed E-state index contributed by atoms with van der Waals surface area (Å²) in [5, 5.41) is 2.68. The number of amides is 2. The van der Waals surface area contributed by atoms with E-state index >= 15 is 0 Å². The van der Waals surface area contributed by atoms with Gasteiger partial charge in [0.25, 0.3) is 5.91 Å². The predicted octanol–water partition coefficient (Wildman–Crippen LogP) is 0.273. The average Bonchev–Trinajstić information content (AvgIpc) is 2.34. The van der Waals surface area contributed by atoms with E-state index in [9.17, 15) is 9.59 Å². The van der Waals surface area contributed by atoms with Crippen molar-refractivity contribution in [3.63, 3.8) is 0 Å². The minimum absolute atomic E-state index is 0.238. The van der Waals surface area contributed by atoms with Gasteiger partial charge in [0.05, 0.1) is 12.8 Å². The second kappa shape index (κ2) is 6.48. The van der Waals surface area contributed by atoms with Crippen LogP contribution in [-0.4, -0.2) is 25.5 Å². The van der Waals surface area contributed by atoms with E-state index in [2.05, 4.69) is 5.32 Å². The van der Waals surface area contributed by atoms with Crippen LogP contribution in [0.1, 0.15) is 23.2 Å². The number of nitrogens with one attached hydrogen (secondary N) is 1. The lowest BCUT2D eigenvalue weighted by atomic mass is 10.1. The molecule has 2 amide bonds. The molecule has 1 aromatic rings. The van der Waals surface area contributed by atoms with Crippen LogP contribution in [0.5, 0.6) is 5.75 Å². The topological polar surface area (TPSA) is 107 Å². The summed E-state index contributed by atoms with van der Waals surface area (Å²) in [7, 11) is 1.49. The molecule has 0 aliphatic heterocycles. The van der Waals surface area contributed by atoms with Gasteiger partial charge in [0.1, 0.15) is 5.75 Å². The SMILES string of the molecule is COc1cc(C(=O)NCCCC(N)=O)ccc1N. The molecule has 5 N–H and O–H groups in total. The molecule has 0 aliphatic carbocycles. The van der Waals surface area contributed by atoms with Gasteiger partial charge in [0.15, 0.2) is 0 Å². The van der Waals surface area contributed by atoms with Gasteiger partial charge in [-0.25, -0.2) is 0 Å². The van der Waals surface area contributed by atoms with Crippen LogP contribution in [-0.2, 0) is 4.79 Å². The third-order valence-corrected chi connectivity index (χ3v) is 2.38. The van der Waals surface area contributed by atoms with Crippen LogP contribution in [0.4, 0.5) is 5.69 Å². The smallest absolute Gasteiger partial charge is 0.251 e. The Morgan fingerprint density at radius 3 is 2.72 bits per heavy atom. The number of ether oxygens (including phenoxy) is 1. The highest BCUT2D eigenvalue weighted by Gasteiger charge is 2.08. The summed E-state index contributed by atoms with van der Waals surface area (Å²) in [6.07, 6.45) is 0.776. The van der Waals surface area contributed by atoms with Gasteiger partial charge in [-0.3, -0.25) is 9.59 Å². The monoisotopic (exact) mass is 251 g/mol. The summed E-state index contributed by atoms with van der Waals surface area (Å²) in [4.78, 5) is 22.3. The van der Waals surface area contributed by atoms with Crippen molar-refractivity contribution < 1.29 is 14.3 Å². The van der Waals surface area contributed by atoms with Crippen LogP contribution < -0.4 is 21.5 Å². The Morgan fingerprint density at radius 2 is 2.11 bits per heavy atom. The number of carbonyl (C=O) groups is 2. The van der Waals surface area contributed by atoms with E-state index in [1.54, 1.807) is 18.2 Å². The molecule has 6 heteroatoms. The molecule has 0 fully saturated rings. The minimum atomic E-state index is -0.376. The van der Waals surface area contributed by atoms with E-state index in [1.165, 1.54) is 7.11 Å². The quantitative estimate of drug-likeness (QED) is 0.498. The number of carbonyl (C=O) groups excluding carboxylic acids is 2. The van der Waals surface area contributed by atoms with Gasteiger partial charge in [-0.15, -0.1) is 0 Å². The van der Waals surface area contributed by atoms with Crippen LogP contribution in [0.3, 0.4) is 0 Å². The van der Waals surface area contributed by atoms with Gasteiger partial charge in [-0.05, 0) is 24.6 Å². The zero-order valence-electron chi connectivity index (χ0n) is 10.2. The highest BCUT2D eigenvalue weighted by Crippen LogP contribution is 2.21. The number of anilines is 1. The highest BCUT2D eigenvalue weighted by molar-refractivity contribution is 5.95. The normalized spacial score (nSPS) is 9.83. The number of hydrogen-bond donors (Lipinski definition) is 3. The Labute approximate surface area is 105 Å². The van der Waals surface area contributed by atoms with E-state index < -0.39 is 0 Å².